The maximum absolute atomic E-state index is 12.5. The Morgan fingerprint density at radius 3 is 2.19 bits per heavy atom. The lowest BCUT2D eigenvalue weighted by Crippen LogP contribution is -2.09. The normalized spacial score (nSPS) is 21.0. The molecule has 3 rings (SSSR count). The molecule has 1 fully saturated rings. The highest BCUT2D eigenvalue weighted by molar-refractivity contribution is 7.92. The first-order valence-electron chi connectivity index (χ1n) is 6.53. The SMILES string of the molecule is O=[N+]([O-])c1ccc(S(=O)(=O)[C@H]2C[C@H]2c2ccccc2)cc1. The van der Waals surface area contributed by atoms with Crippen molar-refractivity contribution in [3.8, 4) is 0 Å². The van der Waals surface area contributed by atoms with Gasteiger partial charge in [-0.05, 0) is 24.1 Å². The summed E-state index contributed by atoms with van der Waals surface area (Å²) in [5, 5.41) is 10.2. The molecule has 2 aromatic rings. The number of nitrogens with zero attached hydrogens (tertiary/aromatic N) is 1. The number of nitro groups is 1. The van der Waals surface area contributed by atoms with Gasteiger partial charge in [0.15, 0.2) is 9.84 Å². The number of sulfone groups is 1. The van der Waals surface area contributed by atoms with Gasteiger partial charge in [0, 0.05) is 18.1 Å². The van der Waals surface area contributed by atoms with E-state index in [9.17, 15) is 18.5 Å². The predicted molar refractivity (Wildman–Crippen MR) is 77.9 cm³/mol. The van der Waals surface area contributed by atoms with Crippen molar-refractivity contribution in [1.82, 2.24) is 0 Å². The predicted octanol–water partition coefficient (Wildman–Crippen LogP) is 2.92. The van der Waals surface area contributed by atoms with Gasteiger partial charge in [-0.3, -0.25) is 10.1 Å². The van der Waals surface area contributed by atoms with Crippen molar-refractivity contribution < 1.29 is 13.3 Å². The molecule has 1 aliphatic carbocycles. The van der Waals surface area contributed by atoms with Crippen molar-refractivity contribution in [3.05, 3.63) is 70.3 Å². The Bertz CT molecular complexity index is 769. The van der Waals surface area contributed by atoms with E-state index in [1.807, 2.05) is 30.3 Å². The second kappa shape index (κ2) is 4.96. The van der Waals surface area contributed by atoms with E-state index in [1.54, 1.807) is 0 Å². The molecule has 0 spiro atoms. The van der Waals surface area contributed by atoms with Crippen molar-refractivity contribution in [3.63, 3.8) is 0 Å². The van der Waals surface area contributed by atoms with Crippen LogP contribution in [0.2, 0.25) is 0 Å². The number of nitro benzene ring substituents is 1. The van der Waals surface area contributed by atoms with E-state index in [2.05, 4.69) is 0 Å². The summed E-state index contributed by atoms with van der Waals surface area (Å²) < 4.78 is 25.0. The Labute approximate surface area is 122 Å². The molecule has 2 atom stereocenters. The monoisotopic (exact) mass is 303 g/mol. The minimum absolute atomic E-state index is 0.0198. The van der Waals surface area contributed by atoms with Crippen LogP contribution in [0.1, 0.15) is 17.9 Å². The van der Waals surface area contributed by atoms with E-state index in [-0.39, 0.29) is 16.5 Å². The minimum atomic E-state index is -3.43. The van der Waals surface area contributed by atoms with Gasteiger partial charge in [0.05, 0.1) is 15.1 Å². The maximum Gasteiger partial charge on any atom is 0.269 e. The van der Waals surface area contributed by atoms with E-state index in [0.29, 0.717) is 6.42 Å². The third kappa shape index (κ3) is 2.54. The summed E-state index contributed by atoms with van der Waals surface area (Å²) in [6.07, 6.45) is 0.601. The second-order valence-corrected chi connectivity index (χ2v) is 7.25. The molecule has 0 aliphatic heterocycles. The fourth-order valence-corrected chi connectivity index (χ4v) is 4.41. The fourth-order valence-electron chi connectivity index (χ4n) is 2.50. The summed E-state index contributed by atoms with van der Waals surface area (Å²) in [6, 6.07) is 14.6. The smallest absolute Gasteiger partial charge is 0.258 e. The van der Waals surface area contributed by atoms with E-state index in [1.165, 1.54) is 24.3 Å². The van der Waals surface area contributed by atoms with Crippen molar-refractivity contribution in [2.24, 2.45) is 0 Å². The summed E-state index contributed by atoms with van der Waals surface area (Å²) >= 11 is 0. The highest BCUT2D eigenvalue weighted by Gasteiger charge is 2.48. The minimum Gasteiger partial charge on any atom is -0.258 e. The molecule has 0 saturated heterocycles. The molecule has 0 N–H and O–H groups in total. The molecule has 0 heterocycles. The number of benzene rings is 2. The second-order valence-electron chi connectivity index (χ2n) is 5.09. The molecular formula is C15H13NO4S. The highest BCUT2D eigenvalue weighted by atomic mass is 32.2. The van der Waals surface area contributed by atoms with Crippen LogP contribution in [0.4, 0.5) is 5.69 Å². The quantitative estimate of drug-likeness (QED) is 0.642. The Hall–Kier alpha value is -2.21. The maximum atomic E-state index is 12.5. The van der Waals surface area contributed by atoms with Crippen LogP contribution in [0.15, 0.2) is 59.5 Å². The van der Waals surface area contributed by atoms with Gasteiger partial charge in [0.25, 0.3) is 5.69 Å². The van der Waals surface area contributed by atoms with Crippen LogP contribution in [-0.4, -0.2) is 18.6 Å². The van der Waals surface area contributed by atoms with Gasteiger partial charge in [-0.25, -0.2) is 8.42 Å². The van der Waals surface area contributed by atoms with Crippen LogP contribution in [0.5, 0.6) is 0 Å². The zero-order chi connectivity index (χ0) is 15.0. The van der Waals surface area contributed by atoms with Gasteiger partial charge < -0.3 is 0 Å². The molecule has 1 saturated carbocycles. The third-order valence-electron chi connectivity index (χ3n) is 3.73. The molecular weight excluding hydrogens is 290 g/mol. The van der Waals surface area contributed by atoms with Crippen molar-refractivity contribution >= 4 is 15.5 Å². The Balaban J connectivity index is 1.84. The molecule has 0 unspecified atom stereocenters. The van der Waals surface area contributed by atoms with Crippen LogP contribution in [0.25, 0.3) is 0 Å². The standard InChI is InChI=1S/C15H13NO4S/c17-16(18)12-6-8-13(9-7-12)21(19,20)15-10-14(15)11-4-2-1-3-5-11/h1-9,14-15H,10H2/t14-,15-/m0/s1. The van der Waals surface area contributed by atoms with Crippen LogP contribution >= 0.6 is 0 Å². The van der Waals surface area contributed by atoms with E-state index >= 15 is 0 Å². The summed E-state index contributed by atoms with van der Waals surface area (Å²) in [7, 11) is -3.43. The molecule has 0 bridgehead atoms. The Kier molecular flexibility index (Phi) is 3.25. The van der Waals surface area contributed by atoms with Gasteiger partial charge in [-0.1, -0.05) is 30.3 Å². The zero-order valence-electron chi connectivity index (χ0n) is 11.0. The lowest BCUT2D eigenvalue weighted by Gasteiger charge is -2.04. The van der Waals surface area contributed by atoms with Gasteiger partial charge in [-0.15, -0.1) is 0 Å². The summed E-state index contributed by atoms with van der Waals surface area (Å²) in [4.78, 5) is 10.2. The first-order chi connectivity index (χ1) is 10.00. The first-order valence-corrected chi connectivity index (χ1v) is 8.08. The lowest BCUT2D eigenvalue weighted by atomic mass is 10.1. The zero-order valence-corrected chi connectivity index (χ0v) is 11.9. The Morgan fingerprint density at radius 2 is 1.62 bits per heavy atom. The van der Waals surface area contributed by atoms with Crippen LogP contribution in [0, 0.1) is 10.1 Å². The third-order valence-corrected chi connectivity index (χ3v) is 5.98. The summed E-state index contributed by atoms with van der Waals surface area (Å²) in [5.74, 6) is 0.0198. The molecule has 108 valence electrons. The lowest BCUT2D eigenvalue weighted by molar-refractivity contribution is -0.384. The largest absolute Gasteiger partial charge is 0.269 e. The van der Waals surface area contributed by atoms with Crippen LogP contribution in [0.3, 0.4) is 0 Å². The fraction of sp³-hybridized carbons (Fsp3) is 0.200. The van der Waals surface area contributed by atoms with Gasteiger partial charge in [-0.2, -0.15) is 0 Å². The Morgan fingerprint density at radius 1 is 1.00 bits per heavy atom. The first kappa shape index (κ1) is 13.8. The molecule has 0 amide bonds. The van der Waals surface area contributed by atoms with Gasteiger partial charge >= 0.3 is 0 Å². The molecule has 1 aliphatic rings. The van der Waals surface area contributed by atoms with Gasteiger partial charge in [0.2, 0.25) is 0 Å². The molecule has 0 radical (unpaired) electrons. The molecule has 21 heavy (non-hydrogen) atoms. The van der Waals surface area contributed by atoms with E-state index in [4.69, 9.17) is 0 Å². The molecule has 5 nitrogen and oxygen atoms in total. The van der Waals surface area contributed by atoms with Crippen molar-refractivity contribution in [1.29, 1.82) is 0 Å². The molecule has 6 heteroatoms. The number of rotatable bonds is 4. The highest BCUT2D eigenvalue weighted by Crippen LogP contribution is 2.48. The van der Waals surface area contributed by atoms with E-state index < -0.39 is 20.0 Å². The topological polar surface area (TPSA) is 77.3 Å². The number of hydrogen-bond donors (Lipinski definition) is 0. The summed E-state index contributed by atoms with van der Waals surface area (Å²) in [5.41, 5.74) is 0.914. The average molecular weight is 303 g/mol. The van der Waals surface area contributed by atoms with Crippen molar-refractivity contribution in [2.75, 3.05) is 0 Å². The number of hydrogen-bond acceptors (Lipinski definition) is 4. The van der Waals surface area contributed by atoms with E-state index in [0.717, 1.165) is 5.56 Å². The number of non-ortho nitro benzene ring substituents is 1. The van der Waals surface area contributed by atoms with Crippen LogP contribution < -0.4 is 0 Å². The molecule has 0 aromatic heterocycles. The molecule has 2 aromatic carbocycles. The van der Waals surface area contributed by atoms with Crippen LogP contribution in [-0.2, 0) is 9.84 Å². The average Bonchev–Trinajstić information content (AvgIpc) is 3.29. The van der Waals surface area contributed by atoms with Crippen molar-refractivity contribution in [2.45, 2.75) is 22.5 Å². The van der Waals surface area contributed by atoms with Gasteiger partial charge in [0.1, 0.15) is 0 Å². The summed E-state index contributed by atoms with van der Waals surface area (Å²) in [6.45, 7) is 0.